The molecular formula is C16H25N3O6S. The maximum atomic E-state index is 12.4. The monoisotopic (exact) mass is 387 g/mol. The molecule has 26 heavy (non-hydrogen) atoms. The van der Waals surface area contributed by atoms with E-state index < -0.39 is 21.9 Å². The molecule has 0 unspecified atom stereocenters. The number of nitrogens with one attached hydrogen (secondary N) is 1. The van der Waals surface area contributed by atoms with Gasteiger partial charge in [0.2, 0.25) is 15.9 Å². The molecule has 0 heterocycles. The maximum Gasteiger partial charge on any atom is 0.317 e. The second-order valence-electron chi connectivity index (χ2n) is 5.81. The summed E-state index contributed by atoms with van der Waals surface area (Å²) in [6.45, 7) is 1.99. The Morgan fingerprint density at radius 3 is 2.38 bits per heavy atom. The van der Waals surface area contributed by atoms with Gasteiger partial charge in [-0.2, -0.15) is 0 Å². The van der Waals surface area contributed by atoms with Gasteiger partial charge in [0, 0.05) is 19.8 Å². The van der Waals surface area contributed by atoms with Crippen molar-refractivity contribution in [2.75, 3.05) is 46.2 Å². The summed E-state index contributed by atoms with van der Waals surface area (Å²) >= 11 is 0. The number of rotatable bonds is 10. The summed E-state index contributed by atoms with van der Waals surface area (Å²) < 4.78 is 30.9. The molecule has 0 spiro atoms. The lowest BCUT2D eigenvalue weighted by atomic mass is 10.3. The van der Waals surface area contributed by atoms with Gasteiger partial charge in [0.1, 0.15) is 10.6 Å². The first kappa shape index (κ1) is 21.9. The molecule has 0 saturated heterocycles. The van der Waals surface area contributed by atoms with Gasteiger partial charge in [-0.05, 0) is 31.2 Å². The van der Waals surface area contributed by atoms with Gasteiger partial charge in [0.15, 0.2) is 0 Å². The van der Waals surface area contributed by atoms with E-state index in [9.17, 15) is 18.0 Å². The van der Waals surface area contributed by atoms with Gasteiger partial charge >= 0.3 is 5.97 Å². The van der Waals surface area contributed by atoms with E-state index in [1.165, 1.54) is 44.3 Å². The predicted molar refractivity (Wildman–Crippen MR) is 96.9 cm³/mol. The minimum absolute atomic E-state index is 0.0706. The number of carboxylic acids is 1. The number of amides is 1. The number of hydrogen-bond acceptors (Lipinski definition) is 6. The van der Waals surface area contributed by atoms with Crippen molar-refractivity contribution < 1.29 is 27.9 Å². The number of sulfonamides is 1. The minimum atomic E-state index is -3.76. The van der Waals surface area contributed by atoms with E-state index in [1.807, 2.05) is 6.92 Å². The topological polar surface area (TPSA) is 116 Å². The van der Waals surface area contributed by atoms with Crippen LogP contribution in [0.25, 0.3) is 0 Å². The Bertz CT molecular complexity index is 748. The van der Waals surface area contributed by atoms with Crippen LogP contribution in [0.15, 0.2) is 23.1 Å². The highest BCUT2D eigenvalue weighted by Crippen LogP contribution is 2.28. The zero-order valence-corrected chi connectivity index (χ0v) is 16.2. The number of hydrogen-bond donors (Lipinski definition) is 2. The van der Waals surface area contributed by atoms with E-state index in [2.05, 4.69) is 5.32 Å². The van der Waals surface area contributed by atoms with Gasteiger partial charge in [0.05, 0.1) is 20.2 Å². The summed E-state index contributed by atoms with van der Waals surface area (Å²) in [4.78, 5) is 24.5. The fraction of sp³-hybridized carbons (Fsp3) is 0.500. The lowest BCUT2D eigenvalue weighted by molar-refractivity contribution is -0.138. The van der Waals surface area contributed by atoms with Crippen LogP contribution in [-0.2, 0) is 19.6 Å². The highest BCUT2D eigenvalue weighted by molar-refractivity contribution is 7.89. The van der Waals surface area contributed by atoms with Crippen LogP contribution in [0.5, 0.6) is 5.75 Å². The van der Waals surface area contributed by atoms with Crippen molar-refractivity contribution in [3.8, 4) is 5.75 Å². The molecule has 0 atom stereocenters. The lowest BCUT2D eigenvalue weighted by Crippen LogP contribution is -2.37. The Kier molecular flexibility index (Phi) is 8.00. The molecule has 0 aliphatic rings. The minimum Gasteiger partial charge on any atom is -0.495 e. The predicted octanol–water partition coefficient (Wildman–Crippen LogP) is 0.681. The molecule has 0 aromatic heterocycles. The van der Waals surface area contributed by atoms with Crippen molar-refractivity contribution in [1.29, 1.82) is 0 Å². The van der Waals surface area contributed by atoms with E-state index in [4.69, 9.17) is 9.84 Å². The third-order valence-electron chi connectivity index (χ3n) is 3.47. The second-order valence-corrected chi connectivity index (χ2v) is 7.93. The first-order valence-corrected chi connectivity index (χ1v) is 9.40. The van der Waals surface area contributed by atoms with Crippen molar-refractivity contribution >= 4 is 27.6 Å². The fourth-order valence-corrected chi connectivity index (χ4v) is 3.35. The molecule has 1 aromatic rings. The van der Waals surface area contributed by atoms with Crippen molar-refractivity contribution in [2.24, 2.45) is 0 Å². The van der Waals surface area contributed by atoms with E-state index >= 15 is 0 Å². The van der Waals surface area contributed by atoms with Crippen LogP contribution in [0, 0.1) is 0 Å². The largest absolute Gasteiger partial charge is 0.495 e. The number of nitrogens with zero attached hydrogens (tertiary/aromatic N) is 2. The average Bonchev–Trinajstić information content (AvgIpc) is 2.54. The second kappa shape index (κ2) is 9.51. The number of carboxylic acid groups (broad SMARTS) is 1. The van der Waals surface area contributed by atoms with Crippen LogP contribution >= 0.6 is 0 Å². The van der Waals surface area contributed by atoms with Crippen LogP contribution in [-0.4, -0.2) is 75.4 Å². The van der Waals surface area contributed by atoms with Crippen molar-refractivity contribution in [1.82, 2.24) is 9.21 Å². The molecule has 10 heteroatoms. The first-order valence-electron chi connectivity index (χ1n) is 7.96. The Balaban J connectivity index is 2.99. The first-order chi connectivity index (χ1) is 12.1. The summed E-state index contributed by atoms with van der Waals surface area (Å²) in [5, 5.41) is 11.5. The van der Waals surface area contributed by atoms with E-state index in [1.54, 1.807) is 0 Å². The number of anilines is 1. The maximum absolute atomic E-state index is 12.4. The van der Waals surface area contributed by atoms with Crippen molar-refractivity contribution in [3.05, 3.63) is 18.2 Å². The molecule has 2 N–H and O–H groups in total. The summed E-state index contributed by atoms with van der Waals surface area (Å²) in [5.74, 6) is -1.29. The third kappa shape index (κ3) is 5.97. The van der Waals surface area contributed by atoms with E-state index in [0.29, 0.717) is 13.0 Å². The summed E-state index contributed by atoms with van der Waals surface area (Å²) in [6, 6.07) is 4.28. The molecule has 0 aliphatic heterocycles. The van der Waals surface area contributed by atoms with Crippen LogP contribution < -0.4 is 10.1 Å². The molecule has 0 fully saturated rings. The highest BCUT2D eigenvalue weighted by atomic mass is 32.2. The quantitative estimate of drug-likeness (QED) is 0.606. The van der Waals surface area contributed by atoms with Gasteiger partial charge in [-0.3, -0.25) is 14.5 Å². The number of ether oxygens (including phenoxy) is 1. The smallest absolute Gasteiger partial charge is 0.317 e. The SMILES string of the molecule is CCCN(CC(=O)O)CC(=O)Nc1ccc(OC)c(S(=O)(=O)N(C)C)c1. The molecule has 0 saturated carbocycles. The van der Waals surface area contributed by atoms with Gasteiger partial charge in [0.25, 0.3) is 0 Å². The van der Waals surface area contributed by atoms with Crippen LogP contribution in [0.2, 0.25) is 0 Å². The van der Waals surface area contributed by atoms with Crippen LogP contribution in [0.3, 0.4) is 0 Å². The number of carbonyl (C=O) groups excluding carboxylic acids is 1. The van der Waals surface area contributed by atoms with Crippen molar-refractivity contribution in [3.63, 3.8) is 0 Å². The normalized spacial score (nSPS) is 11.6. The Morgan fingerprint density at radius 2 is 1.88 bits per heavy atom. The highest BCUT2D eigenvalue weighted by Gasteiger charge is 2.23. The number of carbonyl (C=O) groups is 2. The zero-order valence-electron chi connectivity index (χ0n) is 15.4. The lowest BCUT2D eigenvalue weighted by Gasteiger charge is -2.19. The summed E-state index contributed by atoms with van der Waals surface area (Å²) in [7, 11) is 0.396. The van der Waals surface area contributed by atoms with Crippen LogP contribution in [0.4, 0.5) is 5.69 Å². The van der Waals surface area contributed by atoms with Gasteiger partial charge in [-0.1, -0.05) is 6.92 Å². The third-order valence-corrected chi connectivity index (χ3v) is 5.31. The molecule has 9 nitrogen and oxygen atoms in total. The van der Waals surface area contributed by atoms with Crippen molar-refractivity contribution in [2.45, 2.75) is 18.2 Å². The van der Waals surface area contributed by atoms with Gasteiger partial charge < -0.3 is 15.2 Å². The van der Waals surface area contributed by atoms with E-state index in [0.717, 1.165) is 4.31 Å². The molecule has 1 amide bonds. The molecule has 0 radical (unpaired) electrons. The molecule has 1 rings (SSSR count). The standard InChI is InChI=1S/C16H25N3O6S/c1-5-8-19(11-16(21)22)10-15(20)17-12-6-7-13(25-4)14(9-12)26(23,24)18(2)3/h6-7,9H,5,8,10-11H2,1-4H3,(H,17,20)(H,21,22). The van der Waals surface area contributed by atoms with E-state index in [-0.39, 0.29) is 29.4 Å². The number of aliphatic carboxylic acids is 1. The van der Waals surface area contributed by atoms with Gasteiger partial charge in [-0.25, -0.2) is 12.7 Å². The molecule has 146 valence electrons. The van der Waals surface area contributed by atoms with Crippen LogP contribution in [0.1, 0.15) is 13.3 Å². The van der Waals surface area contributed by atoms with Gasteiger partial charge in [-0.15, -0.1) is 0 Å². The Labute approximate surface area is 153 Å². The number of methoxy groups -OCH3 is 1. The Hall–Kier alpha value is -2.17. The molecule has 1 aromatic carbocycles. The molecule has 0 bridgehead atoms. The zero-order chi connectivity index (χ0) is 19.9. The molecular weight excluding hydrogens is 362 g/mol. The summed E-state index contributed by atoms with van der Waals surface area (Å²) in [6.07, 6.45) is 0.703. The Morgan fingerprint density at radius 1 is 1.23 bits per heavy atom. The fourth-order valence-electron chi connectivity index (χ4n) is 2.28. The number of benzene rings is 1. The average molecular weight is 387 g/mol. The molecule has 0 aliphatic carbocycles. The summed E-state index contributed by atoms with van der Waals surface area (Å²) in [5.41, 5.74) is 0.281.